The molecule has 1 aliphatic rings. The molecule has 0 atom stereocenters. The van der Waals surface area contributed by atoms with Crippen LogP contribution in [-0.4, -0.2) is 37.0 Å². The van der Waals surface area contributed by atoms with Crippen LogP contribution < -0.4 is 10.6 Å². The standard InChI is InChI=1S/C14H20FN3O/c1-10(19)16-14-9-12(3-4-13(14)15)17-11-5-7-18(2)8-6-11/h3-4,9,11,17H,5-8H2,1-2H3,(H,16,19). The number of halogens is 1. The molecule has 0 bridgehead atoms. The molecule has 0 unspecified atom stereocenters. The monoisotopic (exact) mass is 265 g/mol. The van der Waals surface area contributed by atoms with Crippen molar-refractivity contribution in [2.24, 2.45) is 0 Å². The fourth-order valence-corrected chi connectivity index (χ4v) is 2.29. The normalized spacial score (nSPS) is 17.2. The Labute approximate surface area is 113 Å². The van der Waals surface area contributed by atoms with Gasteiger partial charge in [0, 0.05) is 18.7 Å². The highest BCUT2D eigenvalue weighted by atomic mass is 19.1. The van der Waals surface area contributed by atoms with Gasteiger partial charge in [0.2, 0.25) is 5.91 Å². The molecule has 1 amide bonds. The summed E-state index contributed by atoms with van der Waals surface area (Å²) in [7, 11) is 2.11. The molecule has 1 aromatic carbocycles. The largest absolute Gasteiger partial charge is 0.382 e. The van der Waals surface area contributed by atoms with Crippen molar-refractivity contribution in [3.8, 4) is 0 Å². The molecular formula is C14H20FN3O. The third-order valence-electron chi connectivity index (χ3n) is 3.37. The second kappa shape index (κ2) is 6.02. The van der Waals surface area contributed by atoms with Crippen LogP contribution in [0.5, 0.6) is 0 Å². The Bertz CT molecular complexity index is 456. The number of nitrogens with zero attached hydrogens (tertiary/aromatic N) is 1. The minimum Gasteiger partial charge on any atom is -0.382 e. The lowest BCUT2D eigenvalue weighted by Crippen LogP contribution is -2.36. The lowest BCUT2D eigenvalue weighted by Gasteiger charge is -2.30. The first kappa shape index (κ1) is 13.8. The number of anilines is 2. The second-order valence-electron chi connectivity index (χ2n) is 5.10. The Morgan fingerprint density at radius 1 is 1.37 bits per heavy atom. The lowest BCUT2D eigenvalue weighted by atomic mass is 10.1. The van der Waals surface area contributed by atoms with Crippen LogP contribution in [0, 0.1) is 5.82 Å². The summed E-state index contributed by atoms with van der Waals surface area (Å²) in [5, 5.41) is 5.89. The zero-order chi connectivity index (χ0) is 13.8. The molecule has 0 aromatic heterocycles. The van der Waals surface area contributed by atoms with E-state index in [-0.39, 0.29) is 11.6 Å². The van der Waals surface area contributed by atoms with E-state index in [0.29, 0.717) is 6.04 Å². The van der Waals surface area contributed by atoms with Gasteiger partial charge >= 0.3 is 0 Å². The Morgan fingerprint density at radius 3 is 2.68 bits per heavy atom. The summed E-state index contributed by atoms with van der Waals surface area (Å²) in [6, 6.07) is 5.14. The van der Waals surface area contributed by atoms with Crippen LogP contribution in [0.3, 0.4) is 0 Å². The number of benzene rings is 1. The molecule has 0 spiro atoms. The van der Waals surface area contributed by atoms with Crippen LogP contribution in [-0.2, 0) is 4.79 Å². The van der Waals surface area contributed by atoms with Gasteiger partial charge in [-0.15, -0.1) is 0 Å². The van der Waals surface area contributed by atoms with Crippen LogP contribution in [0.2, 0.25) is 0 Å². The van der Waals surface area contributed by atoms with Gasteiger partial charge < -0.3 is 15.5 Å². The van der Waals surface area contributed by atoms with Gasteiger partial charge in [-0.3, -0.25) is 4.79 Å². The van der Waals surface area contributed by atoms with E-state index in [4.69, 9.17) is 0 Å². The molecule has 1 heterocycles. The van der Waals surface area contributed by atoms with Crippen molar-refractivity contribution in [1.29, 1.82) is 0 Å². The van der Waals surface area contributed by atoms with E-state index >= 15 is 0 Å². The Kier molecular flexibility index (Phi) is 4.37. The first-order valence-corrected chi connectivity index (χ1v) is 6.57. The molecule has 2 N–H and O–H groups in total. The highest BCUT2D eigenvalue weighted by Gasteiger charge is 2.16. The van der Waals surface area contributed by atoms with Crippen LogP contribution in [0.1, 0.15) is 19.8 Å². The van der Waals surface area contributed by atoms with Gasteiger partial charge in [0.25, 0.3) is 0 Å². The van der Waals surface area contributed by atoms with Gasteiger partial charge in [0.05, 0.1) is 5.69 Å². The van der Waals surface area contributed by atoms with E-state index in [1.54, 1.807) is 12.1 Å². The van der Waals surface area contributed by atoms with Crippen LogP contribution in [0.15, 0.2) is 18.2 Å². The molecule has 1 aliphatic heterocycles. The van der Waals surface area contributed by atoms with E-state index in [9.17, 15) is 9.18 Å². The van der Waals surface area contributed by atoms with Crippen molar-refractivity contribution in [2.45, 2.75) is 25.8 Å². The quantitative estimate of drug-likeness (QED) is 0.881. The highest BCUT2D eigenvalue weighted by Crippen LogP contribution is 2.22. The van der Waals surface area contributed by atoms with Crippen molar-refractivity contribution in [3.63, 3.8) is 0 Å². The average Bonchev–Trinajstić information content (AvgIpc) is 2.36. The van der Waals surface area contributed by atoms with Crippen LogP contribution >= 0.6 is 0 Å². The van der Waals surface area contributed by atoms with Crippen molar-refractivity contribution >= 4 is 17.3 Å². The summed E-state index contributed by atoms with van der Waals surface area (Å²) in [6.45, 7) is 3.51. The smallest absolute Gasteiger partial charge is 0.221 e. The van der Waals surface area contributed by atoms with Gasteiger partial charge in [-0.1, -0.05) is 0 Å². The topological polar surface area (TPSA) is 44.4 Å². The predicted octanol–water partition coefficient (Wildman–Crippen LogP) is 2.29. The summed E-state index contributed by atoms with van der Waals surface area (Å²) in [6.07, 6.45) is 2.15. The molecular weight excluding hydrogens is 245 g/mol. The molecule has 1 saturated heterocycles. The number of carbonyl (C=O) groups is 1. The molecule has 2 rings (SSSR count). The van der Waals surface area contributed by atoms with Crippen LogP contribution in [0.4, 0.5) is 15.8 Å². The van der Waals surface area contributed by atoms with Gasteiger partial charge in [-0.25, -0.2) is 4.39 Å². The minimum absolute atomic E-state index is 0.227. The maximum atomic E-state index is 13.5. The third kappa shape index (κ3) is 3.92. The molecule has 0 aliphatic carbocycles. The van der Waals surface area contributed by atoms with E-state index in [0.717, 1.165) is 31.6 Å². The number of amides is 1. The molecule has 5 heteroatoms. The highest BCUT2D eigenvalue weighted by molar-refractivity contribution is 5.89. The van der Waals surface area contributed by atoms with E-state index in [1.165, 1.54) is 13.0 Å². The minimum atomic E-state index is -0.413. The summed E-state index contributed by atoms with van der Waals surface area (Å²) in [5.41, 5.74) is 1.07. The van der Waals surface area contributed by atoms with Crippen LogP contribution in [0.25, 0.3) is 0 Å². The number of carbonyl (C=O) groups excluding carboxylic acids is 1. The fraction of sp³-hybridized carbons (Fsp3) is 0.500. The number of likely N-dealkylation sites (tertiary alicyclic amines) is 1. The van der Waals surface area contributed by atoms with E-state index in [2.05, 4.69) is 22.6 Å². The molecule has 0 radical (unpaired) electrons. The molecule has 19 heavy (non-hydrogen) atoms. The van der Waals surface area contributed by atoms with Gasteiger partial charge in [0.1, 0.15) is 5.82 Å². The zero-order valence-corrected chi connectivity index (χ0v) is 11.4. The SMILES string of the molecule is CC(=O)Nc1cc(NC2CCN(C)CC2)ccc1F. The molecule has 104 valence electrons. The molecule has 1 fully saturated rings. The number of nitrogens with one attached hydrogen (secondary N) is 2. The third-order valence-corrected chi connectivity index (χ3v) is 3.37. The maximum Gasteiger partial charge on any atom is 0.221 e. The summed E-state index contributed by atoms with van der Waals surface area (Å²) < 4.78 is 13.5. The summed E-state index contributed by atoms with van der Waals surface area (Å²) >= 11 is 0. The summed E-state index contributed by atoms with van der Waals surface area (Å²) in [4.78, 5) is 13.3. The first-order chi connectivity index (χ1) is 9.04. The fourth-order valence-electron chi connectivity index (χ4n) is 2.29. The van der Waals surface area contributed by atoms with Gasteiger partial charge in [-0.2, -0.15) is 0 Å². The second-order valence-corrected chi connectivity index (χ2v) is 5.10. The Hall–Kier alpha value is -1.62. The Morgan fingerprint density at radius 2 is 2.05 bits per heavy atom. The zero-order valence-electron chi connectivity index (χ0n) is 11.4. The van der Waals surface area contributed by atoms with E-state index in [1.807, 2.05) is 0 Å². The predicted molar refractivity (Wildman–Crippen MR) is 74.8 cm³/mol. The number of hydrogen-bond donors (Lipinski definition) is 2. The molecule has 0 saturated carbocycles. The maximum absolute atomic E-state index is 13.5. The average molecular weight is 265 g/mol. The number of rotatable bonds is 3. The van der Waals surface area contributed by atoms with Crippen molar-refractivity contribution in [1.82, 2.24) is 4.90 Å². The lowest BCUT2D eigenvalue weighted by molar-refractivity contribution is -0.114. The number of piperidine rings is 1. The molecule has 4 nitrogen and oxygen atoms in total. The Balaban J connectivity index is 2.02. The number of hydrogen-bond acceptors (Lipinski definition) is 3. The van der Waals surface area contributed by atoms with E-state index < -0.39 is 5.82 Å². The molecule has 1 aromatic rings. The van der Waals surface area contributed by atoms with Gasteiger partial charge in [0.15, 0.2) is 0 Å². The first-order valence-electron chi connectivity index (χ1n) is 6.57. The van der Waals surface area contributed by atoms with Crippen molar-refractivity contribution in [2.75, 3.05) is 30.8 Å². The van der Waals surface area contributed by atoms with Crippen molar-refractivity contribution < 1.29 is 9.18 Å². The van der Waals surface area contributed by atoms with Crippen molar-refractivity contribution in [3.05, 3.63) is 24.0 Å². The van der Waals surface area contributed by atoms with Gasteiger partial charge in [-0.05, 0) is 51.2 Å². The summed E-state index contributed by atoms with van der Waals surface area (Å²) in [5.74, 6) is -0.681.